The molecule has 4 nitrogen and oxygen atoms in total. The molecule has 7 heteroatoms. The van der Waals surface area contributed by atoms with Crippen molar-refractivity contribution in [1.82, 2.24) is 0 Å². The van der Waals surface area contributed by atoms with Crippen LogP contribution in [0.1, 0.15) is 6.92 Å². The number of ether oxygens (including phenoxy) is 1. The molecule has 1 fully saturated rings. The Hall–Kier alpha value is 1.35. The van der Waals surface area contributed by atoms with E-state index in [0.29, 0.717) is 0 Å². The van der Waals surface area contributed by atoms with Crippen molar-refractivity contribution in [2.24, 2.45) is 0 Å². The van der Waals surface area contributed by atoms with Crippen LogP contribution in [0.5, 0.6) is 0 Å². The van der Waals surface area contributed by atoms with Gasteiger partial charge < -0.3 is 0 Å². The van der Waals surface area contributed by atoms with E-state index in [1.807, 2.05) is 0 Å². The summed E-state index contributed by atoms with van der Waals surface area (Å²) in [6.07, 6.45) is -1.74. The van der Waals surface area contributed by atoms with Gasteiger partial charge in [0.15, 0.2) is 0 Å². The van der Waals surface area contributed by atoms with E-state index in [1.165, 1.54) is 0 Å². The number of hydrogen-bond acceptors (Lipinski definition) is 5. The van der Waals surface area contributed by atoms with E-state index in [2.05, 4.69) is 21.8 Å². The summed E-state index contributed by atoms with van der Waals surface area (Å²) >= 11 is -1.76. The third-order valence-electron chi connectivity index (χ3n) is 1.93. The summed E-state index contributed by atoms with van der Waals surface area (Å²) in [5, 5.41) is 14.0. The van der Waals surface area contributed by atoms with Crippen LogP contribution in [0.25, 0.3) is 0 Å². The van der Waals surface area contributed by atoms with Gasteiger partial charge >= 0.3 is 92.4 Å². The number of rotatable bonds is 4. The molecule has 2 unspecified atom stereocenters. The van der Waals surface area contributed by atoms with Crippen LogP contribution in [0.2, 0.25) is 0 Å². The zero-order valence-electron chi connectivity index (χ0n) is 8.09. The van der Waals surface area contributed by atoms with Crippen molar-refractivity contribution in [3.63, 3.8) is 0 Å². The predicted molar refractivity (Wildman–Crippen MR) is 65.0 cm³/mol. The Morgan fingerprint density at radius 1 is 1.85 bits per heavy atom. The Morgan fingerprint density at radius 2 is 2.54 bits per heavy atom. The second kappa shape index (κ2) is 5.44. The molecule has 0 spiro atoms. The minimum atomic E-state index is -1.76. The van der Waals surface area contributed by atoms with Gasteiger partial charge in [-0.05, 0) is 0 Å². The van der Waals surface area contributed by atoms with Gasteiger partial charge in [-0.3, -0.25) is 0 Å². The Balaban J connectivity index is 2.56. The number of halogens is 1. The molecule has 0 aromatic carbocycles. The van der Waals surface area contributed by atoms with Crippen LogP contribution in [-0.4, -0.2) is 42.7 Å². The Labute approximate surface area is 92.2 Å². The molecule has 13 heavy (non-hydrogen) atoms. The minimum absolute atomic E-state index is 0.106. The number of thiol groups is 1. The quantitative estimate of drug-likeness (QED) is 0.397. The molecule has 1 heterocycles. The monoisotopic (exact) mass is 342 g/mol. The third kappa shape index (κ3) is 3.15. The van der Waals surface area contributed by atoms with Gasteiger partial charge in [0, 0.05) is 0 Å². The molecule has 0 bridgehead atoms. The molecule has 0 aromatic heterocycles. The van der Waals surface area contributed by atoms with Crippen molar-refractivity contribution in [3.05, 3.63) is 0 Å². The van der Waals surface area contributed by atoms with Gasteiger partial charge in [0.05, 0.1) is 0 Å². The van der Waals surface area contributed by atoms with Crippen molar-refractivity contribution in [2.45, 2.75) is 31.3 Å². The molecule has 0 aromatic rings. The van der Waals surface area contributed by atoms with Gasteiger partial charge in [-0.1, -0.05) is 0 Å². The van der Waals surface area contributed by atoms with E-state index in [0.717, 1.165) is 0 Å². The predicted octanol–water partition coefficient (Wildman–Crippen LogP) is 0.568. The average Bonchev–Trinajstić information content (AvgIpc) is 2.33. The molecule has 80 valence electrons. The Kier molecular flexibility index (Phi) is 4.54. The molecule has 1 aliphatic rings. The van der Waals surface area contributed by atoms with E-state index in [4.69, 9.17) is 9.23 Å². The summed E-state index contributed by atoms with van der Waals surface area (Å²) < 4.78 is 17.5. The zero-order chi connectivity index (χ0) is 10.7. The van der Waals surface area contributed by atoms with E-state index in [1.54, 1.807) is 6.92 Å². The van der Waals surface area contributed by atoms with E-state index in [-0.39, 0.29) is 18.8 Å². The molecule has 1 rings (SSSR count). The second-order valence-electron chi connectivity index (χ2n) is 2.85. The van der Waals surface area contributed by atoms with Gasteiger partial charge in [0.2, 0.25) is 0 Å². The molecular formula is C6H14IO4PS. The fourth-order valence-corrected chi connectivity index (χ4v) is 3.91. The van der Waals surface area contributed by atoms with Crippen molar-refractivity contribution < 1.29 is 18.0 Å². The average molecular weight is 342 g/mol. The van der Waals surface area contributed by atoms with Crippen LogP contribution in [0.15, 0.2) is 0 Å². The van der Waals surface area contributed by atoms with Crippen molar-refractivity contribution in [3.8, 4) is 0 Å². The summed E-state index contributed by atoms with van der Waals surface area (Å²) in [5.41, 5.74) is 0. The van der Waals surface area contributed by atoms with Gasteiger partial charge in [0.25, 0.3) is 0 Å². The van der Waals surface area contributed by atoms with E-state index >= 15 is 0 Å². The van der Waals surface area contributed by atoms with E-state index in [9.17, 15) is 5.11 Å². The van der Waals surface area contributed by atoms with E-state index < -0.39 is 30.5 Å². The van der Waals surface area contributed by atoms with Gasteiger partial charge in [-0.15, -0.1) is 0 Å². The molecule has 0 radical (unpaired) electrons. The molecule has 0 aliphatic carbocycles. The summed E-state index contributed by atoms with van der Waals surface area (Å²) in [6.45, 7) is 4.39. The Bertz CT molecular complexity index is 189. The summed E-state index contributed by atoms with van der Waals surface area (Å²) in [6, 6.07) is 0. The Morgan fingerprint density at radius 3 is 3.08 bits per heavy atom. The number of aliphatic hydroxyl groups is 2. The molecule has 1 aliphatic heterocycles. The molecule has 5 atom stereocenters. The third-order valence-corrected chi connectivity index (χ3v) is 4.26. The SMILES string of the molecule is [3H]OC[C@H]1O[C@H](C)C(O)[C@H]1OI(P)S. The maximum atomic E-state index is 9.72. The molecule has 0 saturated carbocycles. The second-order valence-corrected chi connectivity index (χ2v) is 12.2. The number of hydrogen-bond donors (Lipinski definition) is 3. The maximum absolute atomic E-state index is 9.72. The first kappa shape index (κ1) is 10.9. The fourth-order valence-electron chi connectivity index (χ4n) is 1.27. The first-order valence-corrected chi connectivity index (χ1v) is 12.1. The number of aliphatic hydroxyl groups excluding tert-OH is 2. The normalized spacial score (nSPS) is 41.8. The van der Waals surface area contributed by atoms with Crippen molar-refractivity contribution >= 4 is 35.0 Å². The summed E-state index contributed by atoms with van der Waals surface area (Å²) in [4.78, 5) is 0. The molecule has 0 amide bonds. The van der Waals surface area contributed by atoms with Gasteiger partial charge in [-0.2, -0.15) is 0 Å². The standard InChI is InChI=1S/C6H14IO4PS/c1-3-5(9)6(11-7(12)13)4(2-8)10-3/h3-6,8-9,13H,2,12H2,1H3/t3-,4-,5?,6+/m1/s1/i8T. The summed E-state index contributed by atoms with van der Waals surface area (Å²) in [7, 11) is 4.20. The zero-order valence-corrected chi connectivity index (χ0v) is 11.3. The first-order valence-electron chi connectivity index (χ1n) is 4.19. The van der Waals surface area contributed by atoms with Crippen molar-refractivity contribution in [2.75, 3.05) is 6.61 Å². The topological polar surface area (TPSA) is 58.9 Å². The van der Waals surface area contributed by atoms with Crippen LogP contribution < -0.4 is 0 Å². The summed E-state index contributed by atoms with van der Waals surface area (Å²) in [5.74, 6) is 0. The van der Waals surface area contributed by atoms with Crippen LogP contribution in [0.4, 0.5) is 0 Å². The van der Waals surface area contributed by atoms with Crippen LogP contribution in [-0.2, 0) is 7.80 Å². The van der Waals surface area contributed by atoms with Gasteiger partial charge in [0.1, 0.15) is 0 Å². The molecule has 1 saturated heterocycles. The first-order chi connectivity index (χ1) is 6.56. The fraction of sp³-hybridized carbons (Fsp3) is 1.00. The molecular weight excluding hydrogens is 326 g/mol. The van der Waals surface area contributed by atoms with Crippen LogP contribution >= 0.6 is 35.0 Å². The van der Waals surface area contributed by atoms with Crippen molar-refractivity contribution in [1.29, 1.82) is 1.43 Å². The van der Waals surface area contributed by atoms with Gasteiger partial charge in [-0.25, -0.2) is 0 Å². The molecule has 2 N–H and O–H groups in total. The van der Waals surface area contributed by atoms with Crippen LogP contribution in [0, 0.1) is 0 Å². The van der Waals surface area contributed by atoms with Crippen LogP contribution in [0.3, 0.4) is 0 Å².